The van der Waals surface area contributed by atoms with Crippen LogP contribution in [0.25, 0.3) is 0 Å². The number of halogens is 2. The molecule has 0 aliphatic carbocycles. The van der Waals surface area contributed by atoms with E-state index in [1.165, 1.54) is 11.0 Å². The molecule has 2 amide bonds. The Morgan fingerprint density at radius 3 is 2.73 bits per heavy atom. The van der Waals surface area contributed by atoms with E-state index >= 15 is 0 Å². The Bertz CT molecular complexity index is 730. The summed E-state index contributed by atoms with van der Waals surface area (Å²) in [6.07, 6.45) is 1.17. The quantitative estimate of drug-likeness (QED) is 0.813. The molecule has 6 nitrogen and oxygen atoms in total. The zero-order valence-corrected chi connectivity index (χ0v) is 14.4. The highest BCUT2D eigenvalue weighted by Crippen LogP contribution is 2.33. The van der Waals surface area contributed by atoms with Crippen molar-refractivity contribution in [2.24, 2.45) is 0 Å². The van der Waals surface area contributed by atoms with Crippen molar-refractivity contribution < 1.29 is 23.1 Å². The van der Waals surface area contributed by atoms with E-state index in [9.17, 15) is 18.4 Å². The van der Waals surface area contributed by atoms with Crippen molar-refractivity contribution >= 4 is 12.0 Å². The molecule has 0 N–H and O–H groups in total. The predicted molar refractivity (Wildman–Crippen MR) is 88.2 cm³/mol. The molecule has 3 heterocycles. The van der Waals surface area contributed by atoms with Gasteiger partial charge in [-0.3, -0.25) is 14.6 Å². The first kappa shape index (κ1) is 17.2. The fraction of sp³-hybridized carbons (Fsp3) is 0.556. The van der Waals surface area contributed by atoms with Gasteiger partial charge in [-0.2, -0.15) is 0 Å². The molecule has 4 rings (SSSR count). The minimum Gasteiger partial charge on any atom is -0.448 e. The highest BCUT2D eigenvalue weighted by molar-refractivity contribution is 5.83. The Hall–Kier alpha value is -2.22. The van der Waals surface area contributed by atoms with Crippen LogP contribution in [-0.4, -0.2) is 71.6 Å². The Kier molecular flexibility index (Phi) is 4.52. The third-order valence-corrected chi connectivity index (χ3v) is 5.59. The van der Waals surface area contributed by atoms with E-state index in [1.807, 2.05) is 4.90 Å². The summed E-state index contributed by atoms with van der Waals surface area (Å²) < 4.78 is 32.2. The zero-order valence-electron chi connectivity index (χ0n) is 14.4. The number of hydrogen-bond acceptors (Lipinski definition) is 4. The van der Waals surface area contributed by atoms with E-state index in [1.54, 1.807) is 6.07 Å². The number of likely N-dealkylation sites (tertiary alicyclic amines) is 2. The summed E-state index contributed by atoms with van der Waals surface area (Å²) in [4.78, 5) is 29.5. The van der Waals surface area contributed by atoms with Crippen molar-refractivity contribution in [1.29, 1.82) is 0 Å². The van der Waals surface area contributed by atoms with Crippen LogP contribution in [0.3, 0.4) is 0 Å². The summed E-state index contributed by atoms with van der Waals surface area (Å²) in [7, 11) is 0. The minimum atomic E-state index is -0.834. The van der Waals surface area contributed by atoms with Crippen molar-refractivity contribution in [1.82, 2.24) is 14.7 Å². The average molecular weight is 365 g/mol. The zero-order chi connectivity index (χ0) is 18.3. The van der Waals surface area contributed by atoms with E-state index in [4.69, 9.17) is 4.74 Å². The Morgan fingerprint density at radius 1 is 1.15 bits per heavy atom. The van der Waals surface area contributed by atoms with Gasteiger partial charge < -0.3 is 9.64 Å². The van der Waals surface area contributed by atoms with Gasteiger partial charge in [-0.1, -0.05) is 12.1 Å². The standard InChI is InChI=1S/C18H21F2N3O3/c19-13-3-1-2-12(17(13)20)10-21-6-4-15-14(21)5-7-23(15)16(24)11-22-8-9-26-18(22)25/h1-3,14-15H,4-11H2/t14-,15-/m0/s1. The normalized spacial score (nSPS) is 25.7. The maximum absolute atomic E-state index is 14.0. The van der Waals surface area contributed by atoms with E-state index < -0.39 is 17.7 Å². The van der Waals surface area contributed by atoms with Crippen LogP contribution in [0.15, 0.2) is 18.2 Å². The number of rotatable bonds is 4. The van der Waals surface area contributed by atoms with E-state index in [0.29, 0.717) is 31.8 Å². The van der Waals surface area contributed by atoms with Gasteiger partial charge in [0.25, 0.3) is 0 Å². The molecule has 0 saturated carbocycles. The average Bonchev–Trinajstić information content (AvgIpc) is 3.30. The number of benzene rings is 1. The van der Waals surface area contributed by atoms with Crippen LogP contribution in [0, 0.1) is 11.6 Å². The molecule has 140 valence electrons. The van der Waals surface area contributed by atoms with Gasteiger partial charge in [0.15, 0.2) is 11.6 Å². The van der Waals surface area contributed by atoms with Crippen LogP contribution >= 0.6 is 0 Å². The lowest BCUT2D eigenvalue weighted by Gasteiger charge is -2.27. The number of amides is 2. The van der Waals surface area contributed by atoms with Crippen molar-refractivity contribution in [3.63, 3.8) is 0 Å². The van der Waals surface area contributed by atoms with Crippen LogP contribution in [0.5, 0.6) is 0 Å². The summed E-state index contributed by atoms with van der Waals surface area (Å²) in [5, 5.41) is 0. The molecule has 1 aromatic rings. The number of nitrogens with zero attached hydrogens (tertiary/aromatic N) is 3. The molecular weight excluding hydrogens is 344 g/mol. The molecule has 3 fully saturated rings. The molecule has 0 unspecified atom stereocenters. The van der Waals surface area contributed by atoms with Crippen LogP contribution in [0.1, 0.15) is 18.4 Å². The molecule has 8 heteroatoms. The fourth-order valence-electron chi connectivity index (χ4n) is 4.29. The summed E-state index contributed by atoms with van der Waals surface area (Å²) in [6, 6.07) is 4.44. The smallest absolute Gasteiger partial charge is 0.410 e. The van der Waals surface area contributed by atoms with Gasteiger partial charge in [0, 0.05) is 37.3 Å². The van der Waals surface area contributed by atoms with Crippen molar-refractivity contribution in [3.05, 3.63) is 35.4 Å². The number of hydrogen-bond donors (Lipinski definition) is 0. The lowest BCUT2D eigenvalue weighted by atomic mass is 10.1. The lowest BCUT2D eigenvalue weighted by molar-refractivity contribution is -0.132. The van der Waals surface area contributed by atoms with Gasteiger partial charge in [-0.05, 0) is 18.9 Å². The minimum absolute atomic E-state index is 0.0422. The summed E-state index contributed by atoms with van der Waals surface area (Å²) in [6.45, 7) is 2.51. The second kappa shape index (κ2) is 6.83. The summed E-state index contributed by atoms with van der Waals surface area (Å²) in [5.74, 6) is -1.71. The molecule has 2 atom stereocenters. The number of cyclic esters (lactones) is 1. The third-order valence-electron chi connectivity index (χ3n) is 5.59. The molecule has 3 saturated heterocycles. The fourth-order valence-corrected chi connectivity index (χ4v) is 4.29. The first-order valence-corrected chi connectivity index (χ1v) is 8.92. The van der Waals surface area contributed by atoms with Crippen molar-refractivity contribution in [2.45, 2.75) is 31.5 Å². The number of carbonyl (C=O) groups excluding carboxylic acids is 2. The summed E-state index contributed by atoms with van der Waals surface area (Å²) >= 11 is 0. The van der Waals surface area contributed by atoms with Crippen molar-refractivity contribution in [3.8, 4) is 0 Å². The SMILES string of the molecule is O=C1OCCN1CC(=O)N1CC[C@H]2[C@@H]1CCN2Cc1cccc(F)c1F. The van der Waals surface area contributed by atoms with Gasteiger partial charge in [0.2, 0.25) is 5.91 Å². The largest absolute Gasteiger partial charge is 0.448 e. The molecular formula is C18H21F2N3O3. The second-order valence-electron chi connectivity index (χ2n) is 7.02. The van der Waals surface area contributed by atoms with E-state index in [-0.39, 0.29) is 24.5 Å². The Balaban J connectivity index is 1.40. The molecule has 0 aromatic heterocycles. The second-order valence-corrected chi connectivity index (χ2v) is 7.02. The van der Waals surface area contributed by atoms with Crippen LogP contribution in [0.4, 0.5) is 13.6 Å². The van der Waals surface area contributed by atoms with Crippen molar-refractivity contribution in [2.75, 3.05) is 32.8 Å². The molecule has 0 radical (unpaired) electrons. The molecule has 1 aromatic carbocycles. The maximum Gasteiger partial charge on any atom is 0.410 e. The Morgan fingerprint density at radius 2 is 1.96 bits per heavy atom. The van der Waals surface area contributed by atoms with Gasteiger partial charge in [0.1, 0.15) is 13.2 Å². The lowest BCUT2D eigenvalue weighted by Crippen LogP contribution is -2.44. The first-order valence-electron chi connectivity index (χ1n) is 8.92. The number of ether oxygens (including phenoxy) is 1. The van der Waals surface area contributed by atoms with Gasteiger partial charge in [-0.25, -0.2) is 13.6 Å². The highest BCUT2D eigenvalue weighted by atomic mass is 19.2. The molecule has 0 bridgehead atoms. The van der Waals surface area contributed by atoms with Gasteiger partial charge >= 0.3 is 6.09 Å². The monoisotopic (exact) mass is 365 g/mol. The first-order chi connectivity index (χ1) is 12.5. The number of carbonyl (C=O) groups is 2. The van der Waals surface area contributed by atoms with E-state index in [2.05, 4.69) is 4.90 Å². The van der Waals surface area contributed by atoms with Crippen LogP contribution in [-0.2, 0) is 16.1 Å². The third kappa shape index (κ3) is 3.02. The van der Waals surface area contributed by atoms with Gasteiger partial charge in [0.05, 0.1) is 6.54 Å². The highest BCUT2D eigenvalue weighted by Gasteiger charge is 2.44. The molecule has 3 aliphatic heterocycles. The van der Waals surface area contributed by atoms with Gasteiger partial charge in [-0.15, -0.1) is 0 Å². The Labute approximate surface area is 150 Å². The topological polar surface area (TPSA) is 53.1 Å². The molecule has 0 spiro atoms. The van der Waals surface area contributed by atoms with Crippen LogP contribution < -0.4 is 0 Å². The summed E-state index contributed by atoms with van der Waals surface area (Å²) in [5.41, 5.74) is 0.343. The number of fused-ring (bicyclic) bond motifs is 1. The molecule has 26 heavy (non-hydrogen) atoms. The predicted octanol–water partition coefficient (Wildman–Crippen LogP) is 1.59. The van der Waals surface area contributed by atoms with Crippen LogP contribution in [0.2, 0.25) is 0 Å². The van der Waals surface area contributed by atoms with E-state index in [0.717, 1.165) is 25.5 Å². The molecule has 3 aliphatic rings. The maximum atomic E-state index is 14.0.